The number of ketones is 1. The van der Waals surface area contributed by atoms with Crippen LogP contribution in [0.25, 0.3) is 0 Å². The molecule has 2 aromatic heterocycles. The number of rotatable bonds is 8. The van der Waals surface area contributed by atoms with E-state index in [0.29, 0.717) is 40.8 Å². The summed E-state index contributed by atoms with van der Waals surface area (Å²) in [6.07, 6.45) is 3.79. The standard InChI is InChI=1S/C23H24N3O4S/c1-14-7-16(9-18(14)27)26-23-17(10-24-13-25-23)22(28)21-8-15(12-31-21)11-30-20-6-4-3-5-19(20)29-2/h3-6,8,10,12-14,16,18,27H,1,7,9,11H2,2H3,(H,24,25,26)/t14-,16-,18+/m1/s1. The number of para-hydroxylation sites is 2. The van der Waals surface area contributed by atoms with Crippen molar-refractivity contribution in [3.05, 3.63) is 71.2 Å². The van der Waals surface area contributed by atoms with Crippen LogP contribution in [0.1, 0.15) is 33.6 Å². The molecule has 31 heavy (non-hydrogen) atoms. The van der Waals surface area contributed by atoms with E-state index in [1.165, 1.54) is 23.9 Å². The molecule has 1 aromatic carbocycles. The third kappa shape index (κ3) is 4.86. The molecule has 161 valence electrons. The molecule has 1 radical (unpaired) electrons. The highest BCUT2D eigenvalue weighted by molar-refractivity contribution is 7.12. The molecule has 1 aliphatic rings. The van der Waals surface area contributed by atoms with Crippen LogP contribution in [0.15, 0.2) is 48.2 Å². The number of hydrogen-bond donors (Lipinski definition) is 2. The van der Waals surface area contributed by atoms with Gasteiger partial charge in [0.2, 0.25) is 5.78 Å². The van der Waals surface area contributed by atoms with Crippen molar-refractivity contribution in [3.63, 3.8) is 0 Å². The first-order valence-corrected chi connectivity index (χ1v) is 10.9. The Kier molecular flexibility index (Phi) is 6.48. The Morgan fingerprint density at radius 2 is 2.13 bits per heavy atom. The molecule has 1 fully saturated rings. The highest BCUT2D eigenvalue weighted by Crippen LogP contribution is 2.30. The smallest absolute Gasteiger partial charge is 0.208 e. The van der Waals surface area contributed by atoms with Crippen molar-refractivity contribution in [2.45, 2.75) is 31.6 Å². The summed E-state index contributed by atoms with van der Waals surface area (Å²) in [4.78, 5) is 22.0. The SMILES string of the molecule is [CH2][C@@H]1C[C@@H](Nc2ncncc2C(=O)c2cc(COc3ccccc3OC)cs2)C[C@@H]1O. The van der Waals surface area contributed by atoms with E-state index in [-0.39, 0.29) is 17.7 Å². The number of carbonyl (C=O) groups is 1. The molecule has 2 heterocycles. The molecule has 0 bridgehead atoms. The fourth-order valence-electron chi connectivity index (χ4n) is 3.63. The molecule has 0 unspecified atom stereocenters. The van der Waals surface area contributed by atoms with Gasteiger partial charge in [-0.05, 0) is 49.3 Å². The molecule has 4 rings (SSSR count). The van der Waals surface area contributed by atoms with Crippen molar-refractivity contribution in [1.29, 1.82) is 0 Å². The summed E-state index contributed by atoms with van der Waals surface area (Å²) in [6.45, 7) is 4.29. The molecule has 2 N–H and O–H groups in total. The van der Waals surface area contributed by atoms with Crippen LogP contribution in [0.2, 0.25) is 0 Å². The quantitative estimate of drug-likeness (QED) is 0.518. The fraction of sp³-hybridized carbons (Fsp3) is 0.304. The number of aromatic nitrogens is 2. The Hall–Kier alpha value is -2.97. The van der Waals surface area contributed by atoms with E-state index in [9.17, 15) is 9.90 Å². The van der Waals surface area contributed by atoms with E-state index in [1.807, 2.05) is 35.7 Å². The van der Waals surface area contributed by atoms with Gasteiger partial charge in [-0.2, -0.15) is 0 Å². The Morgan fingerprint density at radius 1 is 1.32 bits per heavy atom. The molecule has 0 saturated heterocycles. The zero-order valence-corrected chi connectivity index (χ0v) is 18.0. The van der Waals surface area contributed by atoms with Crippen LogP contribution in [0.4, 0.5) is 5.82 Å². The Morgan fingerprint density at radius 3 is 2.87 bits per heavy atom. The highest BCUT2D eigenvalue weighted by atomic mass is 32.1. The van der Waals surface area contributed by atoms with Crippen LogP contribution >= 0.6 is 11.3 Å². The number of nitrogens with zero attached hydrogens (tertiary/aromatic N) is 2. The Balaban J connectivity index is 1.45. The monoisotopic (exact) mass is 438 g/mol. The second-order valence-corrected chi connectivity index (χ2v) is 8.42. The number of methoxy groups -OCH3 is 1. The topological polar surface area (TPSA) is 93.6 Å². The van der Waals surface area contributed by atoms with Gasteiger partial charge in [-0.1, -0.05) is 12.1 Å². The molecule has 3 atom stereocenters. The molecular weight excluding hydrogens is 414 g/mol. The lowest BCUT2D eigenvalue weighted by molar-refractivity contribution is 0.104. The number of aliphatic hydroxyl groups excluding tert-OH is 1. The summed E-state index contributed by atoms with van der Waals surface area (Å²) in [5, 5.41) is 15.1. The maximum Gasteiger partial charge on any atom is 0.208 e. The van der Waals surface area contributed by atoms with Gasteiger partial charge in [0.25, 0.3) is 0 Å². The van der Waals surface area contributed by atoms with Crippen LogP contribution in [0.5, 0.6) is 11.5 Å². The normalized spacial score (nSPS) is 20.4. The number of ether oxygens (including phenoxy) is 2. The molecule has 0 spiro atoms. The van der Waals surface area contributed by atoms with Gasteiger partial charge in [-0.15, -0.1) is 11.3 Å². The summed E-state index contributed by atoms with van der Waals surface area (Å²) in [5.41, 5.74) is 1.30. The lowest BCUT2D eigenvalue weighted by Crippen LogP contribution is -2.20. The van der Waals surface area contributed by atoms with Crippen LogP contribution in [0, 0.1) is 12.8 Å². The summed E-state index contributed by atoms with van der Waals surface area (Å²) in [5.74, 6) is 1.61. The summed E-state index contributed by atoms with van der Waals surface area (Å²) >= 11 is 1.36. The van der Waals surface area contributed by atoms with Gasteiger partial charge in [0.05, 0.1) is 23.7 Å². The number of thiophene rings is 1. The first kappa shape index (κ1) is 21.3. The maximum atomic E-state index is 13.1. The molecule has 0 aliphatic heterocycles. The minimum atomic E-state index is -0.443. The largest absolute Gasteiger partial charge is 0.493 e. The summed E-state index contributed by atoms with van der Waals surface area (Å²) in [6, 6.07) is 9.28. The predicted molar refractivity (Wildman–Crippen MR) is 119 cm³/mol. The van der Waals surface area contributed by atoms with E-state index in [2.05, 4.69) is 22.2 Å². The molecular formula is C23H24N3O4S. The van der Waals surface area contributed by atoms with Crippen molar-refractivity contribution in [2.75, 3.05) is 12.4 Å². The minimum absolute atomic E-state index is 0.0205. The third-order valence-corrected chi connectivity index (χ3v) is 6.27. The van der Waals surface area contributed by atoms with E-state index in [1.54, 1.807) is 7.11 Å². The van der Waals surface area contributed by atoms with Gasteiger partial charge >= 0.3 is 0 Å². The molecule has 8 heteroatoms. The van der Waals surface area contributed by atoms with Gasteiger partial charge in [0, 0.05) is 17.8 Å². The van der Waals surface area contributed by atoms with Crippen molar-refractivity contribution < 1.29 is 19.4 Å². The zero-order valence-electron chi connectivity index (χ0n) is 17.2. The van der Waals surface area contributed by atoms with Crippen molar-refractivity contribution in [1.82, 2.24) is 9.97 Å². The first-order chi connectivity index (χ1) is 15.0. The van der Waals surface area contributed by atoms with Crippen molar-refractivity contribution in [3.8, 4) is 11.5 Å². The number of hydrogen-bond acceptors (Lipinski definition) is 8. The van der Waals surface area contributed by atoms with Crippen LogP contribution in [-0.2, 0) is 6.61 Å². The molecule has 3 aromatic rings. The first-order valence-electron chi connectivity index (χ1n) is 10.0. The van der Waals surface area contributed by atoms with E-state index in [0.717, 1.165) is 12.0 Å². The van der Waals surface area contributed by atoms with Crippen LogP contribution < -0.4 is 14.8 Å². The van der Waals surface area contributed by atoms with Gasteiger partial charge in [-0.3, -0.25) is 4.79 Å². The molecule has 7 nitrogen and oxygen atoms in total. The lowest BCUT2D eigenvalue weighted by Gasteiger charge is -2.15. The zero-order chi connectivity index (χ0) is 21.8. The maximum absolute atomic E-state index is 13.1. The van der Waals surface area contributed by atoms with E-state index < -0.39 is 6.10 Å². The van der Waals surface area contributed by atoms with Crippen molar-refractivity contribution >= 4 is 22.9 Å². The predicted octanol–water partition coefficient (Wildman–Crippen LogP) is 3.74. The summed E-state index contributed by atoms with van der Waals surface area (Å²) in [7, 11) is 1.60. The minimum Gasteiger partial charge on any atom is -0.493 e. The highest BCUT2D eigenvalue weighted by Gasteiger charge is 2.31. The number of carbonyl (C=O) groups excluding carboxylic acids is 1. The van der Waals surface area contributed by atoms with E-state index >= 15 is 0 Å². The second-order valence-electron chi connectivity index (χ2n) is 7.51. The van der Waals surface area contributed by atoms with Crippen molar-refractivity contribution in [2.24, 2.45) is 5.92 Å². The van der Waals surface area contributed by atoms with Gasteiger partial charge in [-0.25, -0.2) is 9.97 Å². The summed E-state index contributed by atoms with van der Waals surface area (Å²) < 4.78 is 11.1. The van der Waals surface area contributed by atoms with Crippen LogP contribution in [-0.4, -0.2) is 40.1 Å². The number of anilines is 1. The fourth-order valence-corrected chi connectivity index (χ4v) is 4.48. The Bertz CT molecular complexity index is 1040. The molecule has 1 aliphatic carbocycles. The van der Waals surface area contributed by atoms with Gasteiger partial charge in [0.15, 0.2) is 11.5 Å². The second kappa shape index (κ2) is 9.45. The van der Waals surface area contributed by atoms with Gasteiger partial charge < -0.3 is 19.9 Å². The lowest BCUT2D eigenvalue weighted by atomic mass is 10.1. The van der Waals surface area contributed by atoms with Crippen LogP contribution in [0.3, 0.4) is 0 Å². The number of nitrogens with one attached hydrogen (secondary N) is 1. The number of aliphatic hydroxyl groups is 1. The van der Waals surface area contributed by atoms with E-state index in [4.69, 9.17) is 9.47 Å². The average Bonchev–Trinajstić information content (AvgIpc) is 3.38. The van der Waals surface area contributed by atoms with Gasteiger partial charge in [0.1, 0.15) is 18.8 Å². The Labute approximate surface area is 185 Å². The average molecular weight is 439 g/mol. The third-order valence-electron chi connectivity index (χ3n) is 5.30. The molecule has 0 amide bonds. The molecule has 1 saturated carbocycles. The number of benzene rings is 1.